The number of nitrogens with one attached hydrogen (secondary N) is 1. The molecule has 0 unspecified atom stereocenters. The lowest BCUT2D eigenvalue weighted by atomic mass is 10.3. The molecule has 9 heteroatoms. The molecule has 1 amide bonds. The average molecular weight is 446 g/mol. The number of rotatable bonds is 7. The number of hydrogen-bond donors (Lipinski definition) is 1. The maximum atomic E-state index is 13.1. The highest BCUT2D eigenvalue weighted by Crippen LogP contribution is 2.32. The maximum Gasteiger partial charge on any atom is 0.267 e. The van der Waals surface area contributed by atoms with E-state index in [1.54, 1.807) is 12.1 Å². The maximum absolute atomic E-state index is 13.1. The van der Waals surface area contributed by atoms with Gasteiger partial charge in [0, 0.05) is 31.2 Å². The van der Waals surface area contributed by atoms with Crippen LogP contribution >= 0.6 is 11.3 Å². The van der Waals surface area contributed by atoms with Crippen molar-refractivity contribution < 1.29 is 17.9 Å². The molecular formula is C21H23N3O4S2. The van der Waals surface area contributed by atoms with Crippen LogP contribution in [-0.4, -0.2) is 42.9 Å². The summed E-state index contributed by atoms with van der Waals surface area (Å²) in [6.45, 7) is 3.16. The van der Waals surface area contributed by atoms with Crippen LogP contribution in [0.4, 0.5) is 5.69 Å². The fraction of sp³-hybridized carbons (Fsp3) is 0.286. The molecule has 7 nitrogen and oxygen atoms in total. The predicted molar refractivity (Wildman–Crippen MR) is 117 cm³/mol. The van der Waals surface area contributed by atoms with E-state index in [-0.39, 0.29) is 10.8 Å². The van der Waals surface area contributed by atoms with Crippen molar-refractivity contribution in [3.63, 3.8) is 0 Å². The molecule has 1 aliphatic rings. The molecule has 1 saturated heterocycles. The van der Waals surface area contributed by atoms with Crippen LogP contribution in [0.1, 0.15) is 29.4 Å². The first-order valence-electron chi connectivity index (χ1n) is 9.80. The molecule has 0 saturated carbocycles. The number of carbonyl (C=O) groups is 1. The molecule has 0 atom stereocenters. The van der Waals surface area contributed by atoms with Crippen LogP contribution in [-0.2, 0) is 10.0 Å². The van der Waals surface area contributed by atoms with E-state index < -0.39 is 10.0 Å². The van der Waals surface area contributed by atoms with Gasteiger partial charge in [-0.2, -0.15) is 4.31 Å². The quantitative estimate of drug-likeness (QED) is 0.597. The fourth-order valence-electron chi connectivity index (χ4n) is 3.49. The molecule has 1 N–H and O–H groups in total. The monoisotopic (exact) mass is 445 g/mol. The summed E-state index contributed by atoms with van der Waals surface area (Å²) >= 11 is 1.33. The summed E-state index contributed by atoms with van der Waals surface area (Å²) in [5, 5.41) is 4.69. The van der Waals surface area contributed by atoms with Crippen LogP contribution in [0, 0.1) is 0 Å². The summed E-state index contributed by atoms with van der Waals surface area (Å²) in [5.74, 6) is 0.00827. The number of carbonyl (C=O) groups excluding carboxylic acids is 1. The Balaban J connectivity index is 1.64. The van der Waals surface area contributed by atoms with Crippen molar-refractivity contribution in [1.82, 2.24) is 8.87 Å². The van der Waals surface area contributed by atoms with Gasteiger partial charge in [0.25, 0.3) is 5.91 Å². The van der Waals surface area contributed by atoms with Crippen LogP contribution in [0.2, 0.25) is 0 Å². The van der Waals surface area contributed by atoms with E-state index >= 15 is 0 Å². The molecule has 0 radical (unpaired) electrons. The zero-order valence-corrected chi connectivity index (χ0v) is 18.2. The molecule has 4 rings (SSSR count). The Morgan fingerprint density at radius 1 is 1.17 bits per heavy atom. The van der Waals surface area contributed by atoms with E-state index in [1.807, 2.05) is 47.5 Å². The first kappa shape index (κ1) is 20.6. The van der Waals surface area contributed by atoms with E-state index in [9.17, 15) is 13.2 Å². The largest absolute Gasteiger partial charge is 0.492 e. The highest BCUT2D eigenvalue weighted by atomic mass is 32.2. The van der Waals surface area contributed by atoms with Gasteiger partial charge in [-0.3, -0.25) is 4.79 Å². The van der Waals surface area contributed by atoms with Gasteiger partial charge in [-0.25, -0.2) is 8.42 Å². The summed E-state index contributed by atoms with van der Waals surface area (Å²) in [6.07, 6.45) is 5.44. The van der Waals surface area contributed by atoms with Crippen LogP contribution in [0.5, 0.6) is 5.75 Å². The zero-order chi connectivity index (χ0) is 21.1. The molecule has 158 valence electrons. The molecule has 1 fully saturated rings. The molecule has 3 aromatic rings. The number of benzene rings is 1. The van der Waals surface area contributed by atoms with Gasteiger partial charge in [0.2, 0.25) is 10.0 Å². The SMILES string of the molecule is CCOc1ccc(NC(=O)c2sccc2-n2cccc2)cc1S(=O)(=O)N1CCCC1. The standard InChI is InChI=1S/C21H23N3O4S2/c1-2-28-18-8-7-16(15-19(18)30(26,27)24-12-5-6-13-24)22-21(25)20-17(9-14-29-20)23-10-3-4-11-23/h3-4,7-11,14-15H,2,5-6,12-13H2,1H3,(H,22,25). The van der Waals surface area contributed by atoms with Gasteiger partial charge in [-0.05, 0) is 61.5 Å². The molecule has 3 heterocycles. The van der Waals surface area contributed by atoms with Gasteiger partial charge in [-0.1, -0.05) is 0 Å². The van der Waals surface area contributed by atoms with E-state index in [2.05, 4.69) is 5.32 Å². The number of hydrogen-bond acceptors (Lipinski definition) is 5. The van der Waals surface area contributed by atoms with E-state index in [1.165, 1.54) is 21.7 Å². The second-order valence-corrected chi connectivity index (χ2v) is 9.71. The van der Waals surface area contributed by atoms with E-state index in [0.29, 0.717) is 36.0 Å². The predicted octanol–water partition coefficient (Wildman–Crippen LogP) is 3.97. The van der Waals surface area contributed by atoms with Crippen molar-refractivity contribution in [1.29, 1.82) is 0 Å². The second kappa shape index (κ2) is 8.63. The Hall–Kier alpha value is -2.62. The number of nitrogens with zero attached hydrogens (tertiary/aromatic N) is 2. The third-order valence-electron chi connectivity index (χ3n) is 4.92. The summed E-state index contributed by atoms with van der Waals surface area (Å²) in [6, 6.07) is 10.4. The van der Waals surface area contributed by atoms with Gasteiger partial charge in [0.15, 0.2) is 0 Å². The highest BCUT2D eigenvalue weighted by molar-refractivity contribution is 7.89. The third-order valence-corrected chi connectivity index (χ3v) is 7.74. The minimum atomic E-state index is -3.69. The van der Waals surface area contributed by atoms with Gasteiger partial charge in [0.05, 0.1) is 12.3 Å². The summed E-state index contributed by atoms with van der Waals surface area (Å²) in [7, 11) is -3.69. The number of sulfonamides is 1. The van der Waals surface area contributed by atoms with E-state index in [0.717, 1.165) is 18.5 Å². The van der Waals surface area contributed by atoms with E-state index in [4.69, 9.17) is 4.74 Å². The van der Waals surface area contributed by atoms with Crippen molar-refractivity contribution >= 4 is 33.0 Å². The second-order valence-electron chi connectivity index (χ2n) is 6.89. The zero-order valence-electron chi connectivity index (χ0n) is 16.6. The van der Waals surface area contributed by atoms with Crippen LogP contribution in [0.25, 0.3) is 5.69 Å². The number of ether oxygens (including phenoxy) is 1. The Kier molecular flexibility index (Phi) is 5.94. The number of thiophene rings is 1. The average Bonchev–Trinajstić information content (AvgIpc) is 3.50. The number of amides is 1. The molecule has 2 aromatic heterocycles. The highest BCUT2D eigenvalue weighted by Gasteiger charge is 2.30. The van der Waals surface area contributed by atoms with Gasteiger partial charge in [0.1, 0.15) is 15.5 Å². The van der Waals surface area contributed by atoms with Gasteiger partial charge in [-0.15, -0.1) is 11.3 Å². The lowest BCUT2D eigenvalue weighted by Gasteiger charge is -2.19. The van der Waals surface area contributed by atoms with Crippen LogP contribution in [0.3, 0.4) is 0 Å². The lowest BCUT2D eigenvalue weighted by Crippen LogP contribution is -2.28. The molecule has 30 heavy (non-hydrogen) atoms. The van der Waals surface area contributed by atoms with Crippen LogP contribution < -0.4 is 10.1 Å². The van der Waals surface area contributed by atoms with Crippen molar-refractivity contribution in [2.45, 2.75) is 24.7 Å². The molecular weight excluding hydrogens is 422 g/mol. The number of anilines is 1. The minimum absolute atomic E-state index is 0.0841. The van der Waals surface area contributed by atoms with Crippen molar-refractivity contribution in [2.75, 3.05) is 25.0 Å². The van der Waals surface area contributed by atoms with Crippen molar-refractivity contribution in [3.05, 3.63) is 59.0 Å². The fourth-order valence-corrected chi connectivity index (χ4v) is 5.95. The summed E-state index contributed by atoms with van der Waals surface area (Å²) < 4.78 is 35.2. The topological polar surface area (TPSA) is 80.6 Å². The molecule has 0 spiro atoms. The van der Waals surface area contributed by atoms with Gasteiger partial charge >= 0.3 is 0 Å². The van der Waals surface area contributed by atoms with Gasteiger partial charge < -0.3 is 14.6 Å². The summed E-state index contributed by atoms with van der Waals surface area (Å²) in [4.78, 5) is 13.5. The first-order chi connectivity index (χ1) is 14.5. The minimum Gasteiger partial charge on any atom is -0.492 e. The Labute approximate surface area is 179 Å². The Bertz CT molecular complexity index is 1130. The lowest BCUT2D eigenvalue weighted by molar-refractivity contribution is 0.103. The summed E-state index contributed by atoms with van der Waals surface area (Å²) in [5.41, 5.74) is 1.19. The van der Waals surface area contributed by atoms with Crippen molar-refractivity contribution in [2.24, 2.45) is 0 Å². The van der Waals surface area contributed by atoms with Crippen molar-refractivity contribution in [3.8, 4) is 11.4 Å². The molecule has 0 bridgehead atoms. The Morgan fingerprint density at radius 3 is 2.60 bits per heavy atom. The first-order valence-corrected chi connectivity index (χ1v) is 12.1. The third kappa shape index (κ3) is 4.00. The molecule has 1 aliphatic heterocycles. The number of aromatic nitrogens is 1. The normalized spacial score (nSPS) is 14.7. The molecule has 0 aliphatic carbocycles. The van der Waals surface area contributed by atoms with Crippen LogP contribution in [0.15, 0.2) is 59.1 Å². The molecule has 1 aromatic carbocycles. The Morgan fingerprint density at radius 2 is 1.90 bits per heavy atom. The smallest absolute Gasteiger partial charge is 0.267 e.